The maximum absolute atomic E-state index is 12.8. The second kappa shape index (κ2) is 9.95. The molecular weight excluding hydrogens is 342 g/mol. The molecule has 1 unspecified atom stereocenters. The van der Waals surface area contributed by atoms with Gasteiger partial charge in [-0.05, 0) is 70.9 Å². The van der Waals surface area contributed by atoms with Crippen LogP contribution in [0.4, 0.5) is 0 Å². The third kappa shape index (κ3) is 5.59. The van der Waals surface area contributed by atoms with Gasteiger partial charge in [0.2, 0.25) is 5.91 Å². The van der Waals surface area contributed by atoms with Crippen LogP contribution in [0.2, 0.25) is 0 Å². The maximum atomic E-state index is 12.8. The monoisotopic (exact) mass is 375 g/mol. The quantitative estimate of drug-likeness (QED) is 0.753. The van der Waals surface area contributed by atoms with Crippen molar-refractivity contribution in [1.29, 1.82) is 0 Å². The smallest absolute Gasteiger partial charge is 0.236 e. The molecule has 3 rings (SSSR count). The van der Waals surface area contributed by atoms with Crippen LogP contribution in [-0.4, -0.2) is 74.7 Å². The Morgan fingerprint density at radius 1 is 1.26 bits per heavy atom. The molecule has 0 spiro atoms. The van der Waals surface area contributed by atoms with Crippen molar-refractivity contribution >= 4 is 5.91 Å². The zero-order valence-corrected chi connectivity index (χ0v) is 16.7. The second-order valence-corrected chi connectivity index (χ2v) is 7.54. The Balaban J connectivity index is 1.45. The van der Waals surface area contributed by atoms with Gasteiger partial charge in [0.05, 0.1) is 13.1 Å². The highest BCUT2D eigenvalue weighted by atomic mass is 16.6. The van der Waals surface area contributed by atoms with Crippen LogP contribution in [0.5, 0.6) is 11.5 Å². The third-order valence-electron chi connectivity index (χ3n) is 5.59. The van der Waals surface area contributed by atoms with Gasteiger partial charge >= 0.3 is 0 Å². The minimum atomic E-state index is -0.115. The molecular formula is C21H33N3O3. The van der Waals surface area contributed by atoms with E-state index in [1.54, 1.807) is 0 Å². The van der Waals surface area contributed by atoms with Crippen molar-refractivity contribution in [2.45, 2.75) is 32.3 Å². The van der Waals surface area contributed by atoms with Gasteiger partial charge in [-0.15, -0.1) is 0 Å². The molecule has 1 fully saturated rings. The van der Waals surface area contributed by atoms with Crippen molar-refractivity contribution in [2.75, 3.05) is 52.9 Å². The first-order valence-electron chi connectivity index (χ1n) is 10.2. The molecule has 1 atom stereocenters. The Hall–Kier alpha value is -1.79. The van der Waals surface area contributed by atoms with E-state index in [0.717, 1.165) is 37.1 Å². The summed E-state index contributed by atoms with van der Waals surface area (Å²) in [4.78, 5) is 17.0. The van der Waals surface area contributed by atoms with Crippen LogP contribution in [0, 0.1) is 5.92 Å². The minimum absolute atomic E-state index is 0.115. The van der Waals surface area contributed by atoms with Gasteiger partial charge in [-0.1, -0.05) is 12.1 Å². The van der Waals surface area contributed by atoms with Crippen LogP contribution in [0.1, 0.15) is 26.2 Å². The van der Waals surface area contributed by atoms with Gasteiger partial charge in [0.25, 0.3) is 0 Å². The fourth-order valence-corrected chi connectivity index (χ4v) is 3.88. The Bertz CT molecular complexity index is 602. The fraction of sp³-hybridized carbons (Fsp3) is 0.667. The molecule has 1 aromatic rings. The second-order valence-electron chi connectivity index (χ2n) is 7.54. The van der Waals surface area contributed by atoms with E-state index >= 15 is 0 Å². The van der Waals surface area contributed by atoms with Crippen LogP contribution in [0.3, 0.4) is 0 Å². The zero-order valence-electron chi connectivity index (χ0n) is 16.7. The molecule has 0 saturated carbocycles. The van der Waals surface area contributed by atoms with Crippen LogP contribution >= 0.6 is 0 Å². The predicted octanol–water partition coefficient (Wildman–Crippen LogP) is 2.00. The number of nitrogens with zero attached hydrogens (tertiary/aromatic N) is 2. The number of likely N-dealkylation sites (tertiary alicyclic amines) is 1. The van der Waals surface area contributed by atoms with Crippen LogP contribution in [0.25, 0.3) is 0 Å². The Kier molecular flexibility index (Phi) is 7.35. The average molecular weight is 376 g/mol. The largest absolute Gasteiger partial charge is 0.486 e. The molecule has 6 nitrogen and oxygen atoms in total. The number of ether oxygens (including phenoxy) is 2. The summed E-state index contributed by atoms with van der Waals surface area (Å²) in [7, 11) is 2.01. The topological polar surface area (TPSA) is 54.0 Å². The Morgan fingerprint density at radius 2 is 2.00 bits per heavy atom. The normalized spacial score (nSPS) is 20.4. The van der Waals surface area contributed by atoms with Crippen LogP contribution in [-0.2, 0) is 4.79 Å². The van der Waals surface area contributed by atoms with Gasteiger partial charge in [-0.25, -0.2) is 0 Å². The lowest BCUT2D eigenvalue weighted by Gasteiger charge is -2.34. The van der Waals surface area contributed by atoms with Crippen molar-refractivity contribution in [2.24, 2.45) is 5.92 Å². The summed E-state index contributed by atoms with van der Waals surface area (Å²) in [6.45, 7) is 7.41. The molecule has 6 heteroatoms. The summed E-state index contributed by atoms with van der Waals surface area (Å²) in [6.07, 6.45) is 3.51. The number of nitrogens with one attached hydrogen (secondary N) is 1. The first kappa shape index (κ1) is 20.0. The van der Waals surface area contributed by atoms with Gasteiger partial charge < -0.3 is 19.7 Å². The predicted molar refractivity (Wildman–Crippen MR) is 106 cm³/mol. The van der Waals surface area contributed by atoms with Gasteiger partial charge in [0, 0.05) is 6.54 Å². The molecule has 1 aromatic carbocycles. The highest BCUT2D eigenvalue weighted by Crippen LogP contribution is 2.31. The van der Waals surface area contributed by atoms with E-state index in [0.29, 0.717) is 26.2 Å². The van der Waals surface area contributed by atoms with Crippen molar-refractivity contribution in [1.82, 2.24) is 15.1 Å². The summed E-state index contributed by atoms with van der Waals surface area (Å²) >= 11 is 0. The van der Waals surface area contributed by atoms with E-state index in [4.69, 9.17) is 9.47 Å². The van der Waals surface area contributed by atoms with E-state index in [-0.39, 0.29) is 12.0 Å². The first-order valence-corrected chi connectivity index (χ1v) is 10.2. The molecule has 0 bridgehead atoms. The molecule has 2 aliphatic heterocycles. The van der Waals surface area contributed by atoms with E-state index < -0.39 is 0 Å². The van der Waals surface area contributed by atoms with E-state index in [1.807, 2.05) is 43.1 Å². The average Bonchev–Trinajstić information content (AvgIpc) is 2.71. The van der Waals surface area contributed by atoms with E-state index in [1.165, 1.54) is 19.3 Å². The van der Waals surface area contributed by atoms with Gasteiger partial charge in [0.1, 0.15) is 6.61 Å². The first-order chi connectivity index (χ1) is 13.2. The molecule has 0 aromatic heterocycles. The van der Waals surface area contributed by atoms with Gasteiger partial charge in [0.15, 0.2) is 17.6 Å². The summed E-state index contributed by atoms with van der Waals surface area (Å²) in [5.74, 6) is 2.53. The van der Waals surface area contributed by atoms with Crippen molar-refractivity contribution in [3.63, 3.8) is 0 Å². The summed E-state index contributed by atoms with van der Waals surface area (Å²) in [5, 5.41) is 3.23. The number of benzene rings is 1. The Labute approximate surface area is 162 Å². The van der Waals surface area contributed by atoms with Crippen LogP contribution in [0.15, 0.2) is 24.3 Å². The number of rotatable bonds is 8. The molecule has 27 heavy (non-hydrogen) atoms. The zero-order chi connectivity index (χ0) is 19.1. The fourth-order valence-electron chi connectivity index (χ4n) is 3.88. The van der Waals surface area contributed by atoms with Crippen molar-refractivity contribution < 1.29 is 14.3 Å². The lowest BCUT2D eigenvalue weighted by Crippen LogP contribution is -2.48. The lowest BCUT2D eigenvalue weighted by molar-refractivity contribution is -0.134. The van der Waals surface area contributed by atoms with Crippen LogP contribution < -0.4 is 14.8 Å². The summed E-state index contributed by atoms with van der Waals surface area (Å²) in [5.41, 5.74) is 0. The van der Waals surface area contributed by atoms with E-state index in [9.17, 15) is 4.79 Å². The summed E-state index contributed by atoms with van der Waals surface area (Å²) < 4.78 is 11.8. The molecule has 1 N–H and O–H groups in total. The number of piperidine rings is 1. The number of carbonyl (C=O) groups is 1. The van der Waals surface area contributed by atoms with Crippen molar-refractivity contribution in [3.05, 3.63) is 24.3 Å². The Morgan fingerprint density at radius 3 is 2.70 bits per heavy atom. The molecule has 2 aliphatic rings. The molecule has 1 saturated heterocycles. The van der Waals surface area contributed by atoms with Crippen molar-refractivity contribution in [3.8, 4) is 11.5 Å². The number of likely N-dealkylation sites (N-methyl/N-ethyl adjacent to an activating group) is 1. The minimum Gasteiger partial charge on any atom is -0.486 e. The number of hydrogen-bond donors (Lipinski definition) is 1. The lowest BCUT2D eigenvalue weighted by atomic mass is 9.93. The van der Waals surface area contributed by atoms with Gasteiger partial charge in [-0.3, -0.25) is 9.69 Å². The highest BCUT2D eigenvalue weighted by Gasteiger charge is 2.26. The molecule has 0 radical (unpaired) electrons. The molecule has 0 aliphatic carbocycles. The summed E-state index contributed by atoms with van der Waals surface area (Å²) in [6, 6.07) is 7.70. The molecule has 150 valence electrons. The number of amides is 1. The highest BCUT2D eigenvalue weighted by molar-refractivity contribution is 5.78. The molecule has 1 amide bonds. The number of fused-ring (bicyclic) bond motifs is 1. The van der Waals surface area contributed by atoms with E-state index in [2.05, 4.69) is 10.2 Å². The van der Waals surface area contributed by atoms with Gasteiger partial charge in [-0.2, -0.15) is 0 Å². The number of carbonyl (C=O) groups excluding carboxylic acids is 1. The third-order valence-corrected chi connectivity index (χ3v) is 5.59. The molecule has 2 heterocycles. The number of hydrogen-bond acceptors (Lipinski definition) is 5. The maximum Gasteiger partial charge on any atom is 0.236 e. The number of para-hydroxylation sites is 2. The standard InChI is InChI=1S/C21H33N3O3/c1-3-24(14-18-16-26-19-6-4-5-7-20(19)27-18)21(25)15-23-12-9-17(10-13-23)8-11-22-2/h4-7,17-18,22H,3,8-16H2,1-2H3. The SMILES string of the molecule is CCN(CC1COc2ccccc2O1)C(=O)CN1CCC(CCNC)CC1.